The van der Waals surface area contributed by atoms with Crippen molar-refractivity contribution < 1.29 is 9.84 Å². The smallest absolute Gasteiger partial charge is 0.122 e. The van der Waals surface area contributed by atoms with Crippen LogP contribution in [0.5, 0.6) is 5.75 Å². The van der Waals surface area contributed by atoms with E-state index in [0.717, 1.165) is 23.3 Å². The molecule has 1 aliphatic carbocycles. The maximum absolute atomic E-state index is 10.4. The van der Waals surface area contributed by atoms with Gasteiger partial charge in [0.2, 0.25) is 0 Å². The molecule has 1 aliphatic rings. The molecule has 0 aromatic heterocycles. The normalized spacial score (nSPS) is 18.7. The Morgan fingerprint density at radius 1 is 1.42 bits per heavy atom. The molecule has 3 N–H and O–H groups in total. The summed E-state index contributed by atoms with van der Waals surface area (Å²) in [4.78, 5) is 0. The molecule has 0 bridgehead atoms. The van der Waals surface area contributed by atoms with Gasteiger partial charge in [-0.2, -0.15) is 0 Å². The van der Waals surface area contributed by atoms with E-state index in [9.17, 15) is 5.11 Å². The second-order valence-electron chi connectivity index (χ2n) is 5.67. The second-order valence-corrected chi connectivity index (χ2v) is 5.67. The van der Waals surface area contributed by atoms with Crippen LogP contribution in [0.4, 0.5) is 0 Å². The Hall–Kier alpha value is -1.06. The van der Waals surface area contributed by atoms with Crippen LogP contribution in [0.1, 0.15) is 42.7 Å². The highest BCUT2D eigenvalue weighted by Gasteiger charge is 2.26. The van der Waals surface area contributed by atoms with E-state index >= 15 is 0 Å². The molecule has 106 valence electrons. The van der Waals surface area contributed by atoms with E-state index in [1.165, 1.54) is 19.3 Å². The van der Waals surface area contributed by atoms with Gasteiger partial charge in [0.15, 0.2) is 0 Å². The summed E-state index contributed by atoms with van der Waals surface area (Å²) in [6.45, 7) is 2.49. The third kappa shape index (κ3) is 3.28. The lowest BCUT2D eigenvalue weighted by atomic mass is 9.78. The average molecular weight is 263 g/mol. The zero-order chi connectivity index (χ0) is 13.8. The summed E-state index contributed by atoms with van der Waals surface area (Å²) in [6, 6.07) is 6.10. The molecule has 0 amide bonds. The number of hydrogen-bond acceptors (Lipinski definition) is 3. The largest absolute Gasteiger partial charge is 0.496 e. The summed E-state index contributed by atoms with van der Waals surface area (Å²) in [6.07, 6.45) is 4.35. The molecule has 1 saturated carbocycles. The van der Waals surface area contributed by atoms with Crippen LogP contribution in [0.25, 0.3) is 0 Å². The lowest BCUT2D eigenvalue weighted by Gasteiger charge is -2.31. The Labute approximate surface area is 115 Å². The lowest BCUT2D eigenvalue weighted by Crippen LogP contribution is -2.29. The van der Waals surface area contributed by atoms with Crippen molar-refractivity contribution in [2.75, 3.05) is 13.7 Å². The number of methoxy groups -OCH3 is 1. The van der Waals surface area contributed by atoms with Gasteiger partial charge in [0.25, 0.3) is 0 Å². The first-order chi connectivity index (χ1) is 9.15. The predicted molar refractivity (Wildman–Crippen MR) is 77.5 cm³/mol. The van der Waals surface area contributed by atoms with Crippen molar-refractivity contribution in [3.8, 4) is 5.75 Å². The molecule has 3 nitrogen and oxygen atoms in total. The number of nitrogens with two attached hydrogens (primary N) is 1. The summed E-state index contributed by atoms with van der Waals surface area (Å²) in [5.41, 5.74) is 8.06. The Balaban J connectivity index is 2.10. The molecule has 0 saturated heterocycles. The summed E-state index contributed by atoms with van der Waals surface area (Å²) in [5.74, 6) is 1.57. The van der Waals surface area contributed by atoms with Gasteiger partial charge < -0.3 is 15.6 Å². The first-order valence-electron chi connectivity index (χ1n) is 7.18. The van der Waals surface area contributed by atoms with Crippen molar-refractivity contribution in [2.45, 2.75) is 44.6 Å². The van der Waals surface area contributed by atoms with E-state index in [1.54, 1.807) is 7.11 Å². The predicted octanol–water partition coefficient (Wildman–Crippen LogP) is 2.60. The molecule has 1 aromatic carbocycles. The molecular formula is C16H25NO2. The Kier molecular flexibility index (Phi) is 4.83. The zero-order valence-corrected chi connectivity index (χ0v) is 11.9. The van der Waals surface area contributed by atoms with Gasteiger partial charge in [-0.05, 0) is 36.5 Å². The minimum Gasteiger partial charge on any atom is -0.496 e. The van der Waals surface area contributed by atoms with Crippen LogP contribution in [0.15, 0.2) is 18.2 Å². The van der Waals surface area contributed by atoms with Gasteiger partial charge in [0.1, 0.15) is 5.75 Å². The van der Waals surface area contributed by atoms with Crippen LogP contribution in [0, 0.1) is 12.8 Å². The van der Waals surface area contributed by atoms with Crippen molar-refractivity contribution >= 4 is 0 Å². The van der Waals surface area contributed by atoms with E-state index in [1.807, 2.05) is 19.1 Å². The fourth-order valence-electron chi connectivity index (χ4n) is 2.82. The lowest BCUT2D eigenvalue weighted by molar-refractivity contribution is 0.0951. The molecule has 0 radical (unpaired) electrons. The van der Waals surface area contributed by atoms with Gasteiger partial charge in [-0.15, -0.1) is 0 Å². The molecular weight excluding hydrogens is 238 g/mol. The molecule has 2 rings (SSSR count). The minimum absolute atomic E-state index is 0.00935. The molecule has 3 heteroatoms. The van der Waals surface area contributed by atoms with Crippen molar-refractivity contribution in [3.05, 3.63) is 29.3 Å². The van der Waals surface area contributed by atoms with Crippen molar-refractivity contribution in [1.29, 1.82) is 0 Å². The standard InChI is InChI=1S/C16H25NO2/c1-11-6-7-13(9-16(11)19-2)14(10-17)15(18)8-12-4-3-5-12/h6-7,9,12,14-15,18H,3-5,8,10,17H2,1-2H3. The SMILES string of the molecule is COc1cc(C(CN)C(O)CC2CCC2)ccc1C. The van der Waals surface area contributed by atoms with E-state index in [-0.39, 0.29) is 12.0 Å². The van der Waals surface area contributed by atoms with Gasteiger partial charge in [0, 0.05) is 12.5 Å². The van der Waals surface area contributed by atoms with Crippen LogP contribution in [-0.2, 0) is 0 Å². The summed E-state index contributed by atoms with van der Waals surface area (Å²) in [5, 5.41) is 10.4. The summed E-state index contributed by atoms with van der Waals surface area (Å²) in [7, 11) is 1.67. The number of benzene rings is 1. The molecule has 0 heterocycles. The van der Waals surface area contributed by atoms with Gasteiger partial charge in [-0.3, -0.25) is 0 Å². The van der Waals surface area contributed by atoms with Crippen molar-refractivity contribution in [1.82, 2.24) is 0 Å². The van der Waals surface area contributed by atoms with Crippen LogP contribution < -0.4 is 10.5 Å². The number of aliphatic hydroxyl groups is 1. The number of aryl methyl sites for hydroxylation is 1. The first kappa shape index (κ1) is 14.4. The summed E-state index contributed by atoms with van der Waals surface area (Å²) >= 11 is 0. The van der Waals surface area contributed by atoms with Crippen molar-refractivity contribution in [3.63, 3.8) is 0 Å². The fourth-order valence-corrected chi connectivity index (χ4v) is 2.82. The number of ether oxygens (including phenoxy) is 1. The Morgan fingerprint density at radius 3 is 2.68 bits per heavy atom. The first-order valence-corrected chi connectivity index (χ1v) is 7.18. The minimum atomic E-state index is -0.345. The monoisotopic (exact) mass is 263 g/mol. The van der Waals surface area contributed by atoms with Crippen LogP contribution in [0.2, 0.25) is 0 Å². The zero-order valence-electron chi connectivity index (χ0n) is 11.9. The van der Waals surface area contributed by atoms with E-state index < -0.39 is 0 Å². The third-order valence-electron chi connectivity index (χ3n) is 4.38. The molecule has 1 fully saturated rings. The summed E-state index contributed by atoms with van der Waals surface area (Å²) < 4.78 is 5.35. The number of aliphatic hydroxyl groups excluding tert-OH is 1. The maximum Gasteiger partial charge on any atom is 0.122 e. The van der Waals surface area contributed by atoms with E-state index in [4.69, 9.17) is 10.5 Å². The highest BCUT2D eigenvalue weighted by molar-refractivity contribution is 5.38. The second kappa shape index (κ2) is 6.40. The molecule has 2 atom stereocenters. The van der Waals surface area contributed by atoms with Gasteiger partial charge in [-0.25, -0.2) is 0 Å². The quantitative estimate of drug-likeness (QED) is 0.829. The Morgan fingerprint density at radius 2 is 2.16 bits per heavy atom. The molecule has 1 aromatic rings. The van der Waals surface area contributed by atoms with Gasteiger partial charge in [-0.1, -0.05) is 31.4 Å². The number of hydrogen-bond donors (Lipinski definition) is 2. The van der Waals surface area contributed by atoms with Gasteiger partial charge in [0.05, 0.1) is 13.2 Å². The third-order valence-corrected chi connectivity index (χ3v) is 4.38. The van der Waals surface area contributed by atoms with Crippen LogP contribution in [0.3, 0.4) is 0 Å². The van der Waals surface area contributed by atoms with Crippen LogP contribution in [-0.4, -0.2) is 24.9 Å². The molecule has 19 heavy (non-hydrogen) atoms. The molecule has 2 unspecified atom stereocenters. The highest BCUT2D eigenvalue weighted by atomic mass is 16.5. The van der Waals surface area contributed by atoms with E-state index in [0.29, 0.717) is 12.5 Å². The Bertz CT molecular complexity index is 415. The molecule has 0 aliphatic heterocycles. The maximum atomic E-state index is 10.4. The number of rotatable bonds is 6. The topological polar surface area (TPSA) is 55.5 Å². The van der Waals surface area contributed by atoms with Crippen molar-refractivity contribution in [2.24, 2.45) is 11.7 Å². The van der Waals surface area contributed by atoms with Crippen LogP contribution >= 0.6 is 0 Å². The van der Waals surface area contributed by atoms with Gasteiger partial charge >= 0.3 is 0 Å². The molecule has 0 spiro atoms. The highest BCUT2D eigenvalue weighted by Crippen LogP contribution is 2.34. The average Bonchev–Trinajstić information content (AvgIpc) is 2.36. The fraction of sp³-hybridized carbons (Fsp3) is 0.625. The van der Waals surface area contributed by atoms with E-state index in [2.05, 4.69) is 6.07 Å².